The summed E-state index contributed by atoms with van der Waals surface area (Å²) in [5, 5.41) is 4.29. The van der Waals surface area contributed by atoms with Gasteiger partial charge < -0.3 is 10.3 Å². The zero-order valence-corrected chi connectivity index (χ0v) is 13.1. The summed E-state index contributed by atoms with van der Waals surface area (Å²) in [6.45, 7) is 0.670. The number of fused-ring (bicyclic) bond motifs is 2. The van der Waals surface area contributed by atoms with Gasteiger partial charge in [0.05, 0.1) is 4.88 Å². The summed E-state index contributed by atoms with van der Waals surface area (Å²) in [5.41, 5.74) is 3.79. The van der Waals surface area contributed by atoms with E-state index in [-0.39, 0.29) is 5.91 Å². The van der Waals surface area contributed by atoms with Crippen LogP contribution >= 0.6 is 11.3 Å². The lowest BCUT2D eigenvalue weighted by molar-refractivity contribution is 0.0958. The molecule has 2 aromatic heterocycles. The van der Waals surface area contributed by atoms with E-state index in [0.29, 0.717) is 6.54 Å². The van der Waals surface area contributed by atoms with Crippen molar-refractivity contribution in [3.63, 3.8) is 0 Å². The zero-order valence-electron chi connectivity index (χ0n) is 12.3. The highest BCUT2D eigenvalue weighted by Crippen LogP contribution is 2.30. The van der Waals surface area contributed by atoms with E-state index in [2.05, 4.69) is 28.5 Å². The van der Waals surface area contributed by atoms with Crippen LogP contribution in [0.1, 0.15) is 32.1 Å². The van der Waals surface area contributed by atoms with Crippen molar-refractivity contribution in [3.05, 3.63) is 57.4 Å². The molecule has 3 aromatic rings. The lowest BCUT2D eigenvalue weighted by atomic mass is 10.1. The lowest BCUT2D eigenvalue weighted by Gasteiger charge is -2.03. The molecule has 4 heteroatoms. The van der Waals surface area contributed by atoms with E-state index in [1.807, 2.05) is 18.3 Å². The molecule has 1 aliphatic carbocycles. The third-order valence-corrected chi connectivity index (χ3v) is 5.56. The predicted octanol–water partition coefficient (Wildman–Crippen LogP) is 3.69. The number of thiophene rings is 1. The molecule has 0 unspecified atom stereocenters. The highest BCUT2D eigenvalue weighted by molar-refractivity contribution is 7.14. The van der Waals surface area contributed by atoms with Crippen LogP contribution < -0.4 is 5.32 Å². The SMILES string of the molecule is O=C(NCCc1c[nH]c2ccccc12)c1cc2c(s1)CCC2. The molecule has 0 atom stereocenters. The molecule has 22 heavy (non-hydrogen) atoms. The second-order valence-corrected chi connectivity index (χ2v) is 6.91. The summed E-state index contributed by atoms with van der Waals surface area (Å²) in [6, 6.07) is 10.3. The number of aryl methyl sites for hydroxylation is 2. The number of rotatable bonds is 4. The van der Waals surface area contributed by atoms with Gasteiger partial charge >= 0.3 is 0 Å². The van der Waals surface area contributed by atoms with Gasteiger partial charge in [0, 0.05) is 28.5 Å². The van der Waals surface area contributed by atoms with Gasteiger partial charge in [0.25, 0.3) is 5.91 Å². The van der Waals surface area contributed by atoms with E-state index in [0.717, 1.165) is 29.7 Å². The van der Waals surface area contributed by atoms with Crippen LogP contribution in [-0.2, 0) is 19.3 Å². The number of aromatic amines is 1. The topological polar surface area (TPSA) is 44.9 Å². The molecule has 1 aliphatic rings. The fraction of sp³-hybridized carbons (Fsp3) is 0.278. The molecular formula is C18H18N2OS. The fourth-order valence-electron chi connectivity index (χ4n) is 3.18. The Hall–Kier alpha value is -2.07. The number of amides is 1. The predicted molar refractivity (Wildman–Crippen MR) is 90.7 cm³/mol. The second-order valence-electron chi connectivity index (χ2n) is 5.78. The minimum atomic E-state index is 0.0687. The third-order valence-electron chi connectivity index (χ3n) is 4.33. The summed E-state index contributed by atoms with van der Waals surface area (Å²) >= 11 is 1.66. The van der Waals surface area contributed by atoms with E-state index in [9.17, 15) is 4.79 Å². The number of carbonyl (C=O) groups excluding carboxylic acids is 1. The molecule has 2 N–H and O–H groups in total. The van der Waals surface area contributed by atoms with Crippen LogP contribution in [0.25, 0.3) is 10.9 Å². The first-order valence-electron chi connectivity index (χ1n) is 7.76. The number of aromatic nitrogens is 1. The second kappa shape index (κ2) is 5.61. The Kier molecular flexibility index (Phi) is 3.47. The molecule has 0 saturated carbocycles. The average molecular weight is 310 g/mol. The van der Waals surface area contributed by atoms with Gasteiger partial charge in [-0.15, -0.1) is 11.3 Å². The van der Waals surface area contributed by atoms with Gasteiger partial charge in [-0.25, -0.2) is 0 Å². The maximum atomic E-state index is 12.2. The quantitative estimate of drug-likeness (QED) is 0.758. The molecule has 0 bridgehead atoms. The van der Waals surface area contributed by atoms with Crippen molar-refractivity contribution in [3.8, 4) is 0 Å². The molecule has 3 nitrogen and oxygen atoms in total. The van der Waals surface area contributed by atoms with Gasteiger partial charge in [0.2, 0.25) is 0 Å². The van der Waals surface area contributed by atoms with Crippen LogP contribution in [0.3, 0.4) is 0 Å². The van der Waals surface area contributed by atoms with Gasteiger partial charge in [-0.2, -0.15) is 0 Å². The molecule has 1 amide bonds. The first kappa shape index (κ1) is 13.6. The number of hydrogen-bond donors (Lipinski definition) is 2. The molecule has 1 aromatic carbocycles. The Morgan fingerprint density at radius 1 is 1.27 bits per heavy atom. The van der Waals surface area contributed by atoms with Crippen molar-refractivity contribution in [2.75, 3.05) is 6.54 Å². The Morgan fingerprint density at radius 2 is 2.18 bits per heavy atom. The Balaban J connectivity index is 1.39. The summed E-state index contributed by atoms with van der Waals surface area (Å²) in [6.07, 6.45) is 6.40. The minimum absolute atomic E-state index is 0.0687. The van der Waals surface area contributed by atoms with E-state index in [1.165, 1.54) is 27.8 Å². The molecule has 2 heterocycles. The van der Waals surface area contributed by atoms with Crippen LogP contribution in [0.5, 0.6) is 0 Å². The molecule has 0 radical (unpaired) electrons. The molecule has 0 aliphatic heterocycles. The van der Waals surface area contributed by atoms with Crippen LogP contribution in [-0.4, -0.2) is 17.4 Å². The zero-order chi connectivity index (χ0) is 14.9. The fourth-order valence-corrected chi connectivity index (χ4v) is 4.35. The van der Waals surface area contributed by atoms with Crippen LogP contribution in [0.2, 0.25) is 0 Å². The summed E-state index contributed by atoms with van der Waals surface area (Å²) < 4.78 is 0. The molecular weight excluding hydrogens is 292 g/mol. The summed E-state index contributed by atoms with van der Waals surface area (Å²) in [4.78, 5) is 17.8. The number of nitrogens with one attached hydrogen (secondary N) is 2. The van der Waals surface area contributed by atoms with Crippen molar-refractivity contribution in [1.82, 2.24) is 10.3 Å². The first-order chi connectivity index (χ1) is 10.8. The van der Waals surface area contributed by atoms with Crippen molar-refractivity contribution in [1.29, 1.82) is 0 Å². The minimum Gasteiger partial charge on any atom is -0.361 e. The van der Waals surface area contributed by atoms with Gasteiger partial charge in [-0.1, -0.05) is 18.2 Å². The Bertz CT molecular complexity index is 809. The molecule has 0 saturated heterocycles. The number of H-pyrrole nitrogens is 1. The van der Waals surface area contributed by atoms with Gasteiger partial charge in [0.1, 0.15) is 0 Å². The van der Waals surface area contributed by atoms with E-state index >= 15 is 0 Å². The number of hydrogen-bond acceptors (Lipinski definition) is 2. The molecule has 0 fully saturated rings. The Labute approximate surface area is 133 Å². The molecule has 112 valence electrons. The average Bonchev–Trinajstić information content (AvgIpc) is 3.21. The van der Waals surface area contributed by atoms with Crippen LogP contribution in [0.15, 0.2) is 36.5 Å². The van der Waals surface area contributed by atoms with Crippen molar-refractivity contribution in [2.45, 2.75) is 25.7 Å². The van der Waals surface area contributed by atoms with Crippen molar-refractivity contribution < 1.29 is 4.79 Å². The number of carbonyl (C=O) groups is 1. The van der Waals surface area contributed by atoms with Gasteiger partial charge in [-0.3, -0.25) is 4.79 Å². The van der Waals surface area contributed by atoms with E-state index < -0.39 is 0 Å². The molecule has 0 spiro atoms. The maximum absolute atomic E-state index is 12.2. The highest BCUT2D eigenvalue weighted by Gasteiger charge is 2.18. The van der Waals surface area contributed by atoms with Gasteiger partial charge in [0.15, 0.2) is 0 Å². The Morgan fingerprint density at radius 3 is 3.09 bits per heavy atom. The van der Waals surface area contributed by atoms with E-state index in [1.54, 1.807) is 11.3 Å². The summed E-state index contributed by atoms with van der Waals surface area (Å²) in [7, 11) is 0. The van der Waals surface area contributed by atoms with E-state index in [4.69, 9.17) is 0 Å². The van der Waals surface area contributed by atoms with Crippen molar-refractivity contribution >= 4 is 28.1 Å². The smallest absolute Gasteiger partial charge is 0.261 e. The summed E-state index contributed by atoms with van der Waals surface area (Å²) in [5.74, 6) is 0.0687. The standard InChI is InChI=1S/C18H18N2OS/c21-18(17-10-12-4-3-7-16(12)22-17)19-9-8-13-11-20-15-6-2-1-5-14(13)15/h1-2,5-6,10-11,20H,3-4,7-9H2,(H,19,21). The van der Waals surface area contributed by atoms with Crippen LogP contribution in [0.4, 0.5) is 0 Å². The van der Waals surface area contributed by atoms with Gasteiger partial charge in [-0.05, 0) is 48.9 Å². The van der Waals surface area contributed by atoms with Crippen molar-refractivity contribution in [2.24, 2.45) is 0 Å². The maximum Gasteiger partial charge on any atom is 0.261 e. The lowest BCUT2D eigenvalue weighted by Crippen LogP contribution is -2.24. The molecule has 4 rings (SSSR count). The highest BCUT2D eigenvalue weighted by atomic mass is 32.1. The first-order valence-corrected chi connectivity index (χ1v) is 8.58. The number of para-hydroxylation sites is 1. The largest absolute Gasteiger partial charge is 0.361 e. The normalized spacial score (nSPS) is 13.5. The van der Waals surface area contributed by atoms with Crippen LogP contribution in [0, 0.1) is 0 Å². The number of benzene rings is 1. The monoisotopic (exact) mass is 310 g/mol. The third kappa shape index (κ3) is 2.44.